The minimum atomic E-state index is -0.0574. The van der Waals surface area contributed by atoms with Crippen LogP contribution in [0, 0.1) is 0 Å². The lowest BCUT2D eigenvalue weighted by atomic mass is 10.4. The van der Waals surface area contributed by atoms with E-state index in [4.69, 9.17) is 5.11 Å². The largest absolute Gasteiger partial charge is 0.390 e. The molecular weight excluding hydrogens is 190 g/mol. The zero-order chi connectivity index (χ0) is 10.7. The fourth-order valence-electron chi connectivity index (χ4n) is 1.53. The number of aliphatic hydroxyl groups excluding tert-OH is 1. The first-order valence-corrected chi connectivity index (χ1v) is 5.14. The number of aromatic nitrogens is 2. The van der Waals surface area contributed by atoms with Gasteiger partial charge in [0.25, 0.3) is 0 Å². The molecule has 0 saturated heterocycles. The van der Waals surface area contributed by atoms with Crippen LogP contribution in [0.4, 0.5) is 5.82 Å². The Bertz CT molecular complexity index is 332. The van der Waals surface area contributed by atoms with Gasteiger partial charge in [-0.1, -0.05) is 6.08 Å². The summed E-state index contributed by atoms with van der Waals surface area (Å²) in [5.41, 5.74) is 0.605. The van der Waals surface area contributed by atoms with Crippen LogP contribution in [0.25, 0.3) is 0 Å². The maximum Gasteiger partial charge on any atom is 0.147 e. The molecule has 0 aliphatic heterocycles. The minimum absolute atomic E-state index is 0.0574. The van der Waals surface area contributed by atoms with E-state index in [1.807, 2.05) is 6.08 Å². The molecule has 4 nitrogen and oxygen atoms in total. The third kappa shape index (κ3) is 2.33. The van der Waals surface area contributed by atoms with Crippen molar-refractivity contribution in [1.29, 1.82) is 0 Å². The number of hydrogen-bond acceptors (Lipinski definition) is 4. The molecule has 1 aromatic rings. The molecule has 1 aromatic heterocycles. The molecule has 0 bridgehead atoms. The highest BCUT2D eigenvalue weighted by molar-refractivity contribution is 5.40. The van der Waals surface area contributed by atoms with Gasteiger partial charge in [0.05, 0.1) is 24.7 Å². The van der Waals surface area contributed by atoms with Crippen LogP contribution in [0.1, 0.15) is 18.5 Å². The van der Waals surface area contributed by atoms with Gasteiger partial charge in [-0.05, 0) is 12.8 Å². The molecular formula is C11H15N3O. The predicted octanol–water partition coefficient (Wildman–Crippen LogP) is 1.12. The van der Waals surface area contributed by atoms with E-state index in [2.05, 4.69) is 21.4 Å². The normalized spacial score (nSPS) is 15.0. The first kappa shape index (κ1) is 10.1. The van der Waals surface area contributed by atoms with Gasteiger partial charge in [0, 0.05) is 12.6 Å². The summed E-state index contributed by atoms with van der Waals surface area (Å²) in [5.74, 6) is 0.870. The van der Waals surface area contributed by atoms with E-state index in [-0.39, 0.29) is 6.61 Å². The van der Waals surface area contributed by atoms with Gasteiger partial charge in [0.1, 0.15) is 5.82 Å². The molecule has 0 aromatic carbocycles. The summed E-state index contributed by atoms with van der Waals surface area (Å²) in [6.45, 7) is 4.49. The van der Waals surface area contributed by atoms with E-state index in [1.54, 1.807) is 12.4 Å². The lowest BCUT2D eigenvalue weighted by Gasteiger charge is -2.21. The van der Waals surface area contributed by atoms with Crippen molar-refractivity contribution in [2.45, 2.75) is 25.5 Å². The second kappa shape index (κ2) is 4.40. The molecule has 0 unspecified atom stereocenters. The quantitative estimate of drug-likeness (QED) is 0.732. The number of nitrogens with zero attached hydrogens (tertiary/aromatic N) is 3. The third-order valence-corrected chi connectivity index (χ3v) is 2.46. The monoisotopic (exact) mass is 205 g/mol. The molecule has 0 spiro atoms. The summed E-state index contributed by atoms with van der Waals surface area (Å²) in [6, 6.07) is 0.595. The SMILES string of the molecule is C=CCN(c1cnc(CO)cn1)C1CC1. The van der Waals surface area contributed by atoms with Crippen LogP contribution >= 0.6 is 0 Å². The van der Waals surface area contributed by atoms with Gasteiger partial charge in [-0.2, -0.15) is 0 Å². The molecule has 1 heterocycles. The van der Waals surface area contributed by atoms with Gasteiger partial charge >= 0.3 is 0 Å². The fourth-order valence-corrected chi connectivity index (χ4v) is 1.53. The Kier molecular flexibility index (Phi) is 2.97. The van der Waals surface area contributed by atoms with Crippen molar-refractivity contribution in [3.63, 3.8) is 0 Å². The summed E-state index contributed by atoms with van der Waals surface area (Å²) in [6.07, 6.45) is 7.65. The molecule has 4 heteroatoms. The number of anilines is 1. The Morgan fingerprint density at radius 2 is 2.27 bits per heavy atom. The van der Waals surface area contributed by atoms with Gasteiger partial charge in [0.15, 0.2) is 0 Å². The van der Waals surface area contributed by atoms with Gasteiger partial charge < -0.3 is 10.0 Å². The third-order valence-electron chi connectivity index (χ3n) is 2.46. The standard InChI is InChI=1S/C11H15N3O/c1-2-5-14(10-3-4-10)11-7-12-9(8-15)6-13-11/h2,6-7,10,15H,1,3-5,8H2. The van der Waals surface area contributed by atoms with Crippen molar-refractivity contribution in [3.8, 4) is 0 Å². The molecule has 1 aliphatic carbocycles. The summed E-state index contributed by atoms with van der Waals surface area (Å²) < 4.78 is 0. The van der Waals surface area contributed by atoms with Crippen LogP contribution in [0.15, 0.2) is 25.0 Å². The predicted molar refractivity (Wildman–Crippen MR) is 58.5 cm³/mol. The second-order valence-electron chi connectivity index (χ2n) is 3.70. The topological polar surface area (TPSA) is 49.2 Å². The van der Waals surface area contributed by atoms with Gasteiger partial charge in [-0.25, -0.2) is 4.98 Å². The Labute approximate surface area is 89.3 Å². The average Bonchev–Trinajstić information content (AvgIpc) is 3.10. The Morgan fingerprint density at radius 1 is 1.47 bits per heavy atom. The first-order chi connectivity index (χ1) is 7.35. The second-order valence-corrected chi connectivity index (χ2v) is 3.70. The zero-order valence-electron chi connectivity index (χ0n) is 8.63. The van der Waals surface area contributed by atoms with Gasteiger partial charge in [-0.3, -0.25) is 4.98 Å². The summed E-state index contributed by atoms with van der Waals surface area (Å²) >= 11 is 0. The van der Waals surface area contributed by atoms with Crippen LogP contribution in [-0.2, 0) is 6.61 Å². The molecule has 1 fully saturated rings. The maximum absolute atomic E-state index is 8.86. The van der Waals surface area contributed by atoms with E-state index in [0.29, 0.717) is 11.7 Å². The zero-order valence-corrected chi connectivity index (χ0v) is 8.63. The summed E-state index contributed by atoms with van der Waals surface area (Å²) in [7, 11) is 0. The first-order valence-electron chi connectivity index (χ1n) is 5.14. The summed E-state index contributed by atoms with van der Waals surface area (Å²) in [4.78, 5) is 10.6. The van der Waals surface area contributed by atoms with E-state index >= 15 is 0 Å². The molecule has 1 saturated carbocycles. The van der Waals surface area contributed by atoms with Crippen LogP contribution in [0.2, 0.25) is 0 Å². The highest BCUT2D eigenvalue weighted by Crippen LogP contribution is 2.29. The van der Waals surface area contributed by atoms with Crippen molar-refractivity contribution in [2.75, 3.05) is 11.4 Å². The minimum Gasteiger partial charge on any atom is -0.390 e. The molecule has 0 atom stereocenters. The molecule has 0 amide bonds. The molecule has 15 heavy (non-hydrogen) atoms. The molecule has 0 radical (unpaired) electrons. The number of hydrogen-bond donors (Lipinski definition) is 1. The van der Waals surface area contributed by atoms with Crippen LogP contribution in [0.5, 0.6) is 0 Å². The van der Waals surface area contributed by atoms with Crippen molar-refractivity contribution < 1.29 is 5.11 Å². The Hall–Kier alpha value is -1.42. The van der Waals surface area contributed by atoms with Crippen LogP contribution in [0.3, 0.4) is 0 Å². The number of rotatable bonds is 5. The highest BCUT2D eigenvalue weighted by atomic mass is 16.3. The Balaban J connectivity index is 2.14. The van der Waals surface area contributed by atoms with E-state index in [1.165, 1.54) is 12.8 Å². The van der Waals surface area contributed by atoms with Crippen LogP contribution < -0.4 is 4.90 Å². The highest BCUT2D eigenvalue weighted by Gasteiger charge is 2.29. The maximum atomic E-state index is 8.86. The molecule has 2 rings (SSSR count). The van der Waals surface area contributed by atoms with Crippen molar-refractivity contribution in [2.24, 2.45) is 0 Å². The molecule has 1 aliphatic rings. The molecule has 80 valence electrons. The van der Waals surface area contributed by atoms with E-state index in [9.17, 15) is 0 Å². The van der Waals surface area contributed by atoms with E-state index < -0.39 is 0 Å². The van der Waals surface area contributed by atoms with Crippen molar-refractivity contribution in [3.05, 3.63) is 30.7 Å². The molecule has 1 N–H and O–H groups in total. The summed E-state index contributed by atoms with van der Waals surface area (Å²) in [5, 5.41) is 8.86. The van der Waals surface area contributed by atoms with Crippen molar-refractivity contribution in [1.82, 2.24) is 9.97 Å². The Morgan fingerprint density at radius 3 is 2.73 bits per heavy atom. The smallest absolute Gasteiger partial charge is 0.147 e. The lowest BCUT2D eigenvalue weighted by molar-refractivity contribution is 0.276. The average molecular weight is 205 g/mol. The van der Waals surface area contributed by atoms with Crippen molar-refractivity contribution >= 4 is 5.82 Å². The van der Waals surface area contributed by atoms with Gasteiger partial charge in [-0.15, -0.1) is 6.58 Å². The van der Waals surface area contributed by atoms with E-state index in [0.717, 1.165) is 12.4 Å². The lowest BCUT2D eigenvalue weighted by Crippen LogP contribution is -2.26. The fraction of sp³-hybridized carbons (Fsp3) is 0.455. The number of aliphatic hydroxyl groups is 1. The van der Waals surface area contributed by atoms with Gasteiger partial charge in [0.2, 0.25) is 0 Å². The van der Waals surface area contributed by atoms with Crippen LogP contribution in [-0.4, -0.2) is 27.7 Å².